The molecule has 1 heterocycles. The summed E-state index contributed by atoms with van der Waals surface area (Å²) >= 11 is 0. The van der Waals surface area contributed by atoms with E-state index in [-0.39, 0.29) is 0 Å². The van der Waals surface area contributed by atoms with Gasteiger partial charge in [-0.2, -0.15) is 0 Å². The number of carboxylic acid groups (broad SMARTS) is 1. The van der Waals surface area contributed by atoms with E-state index in [1.54, 1.807) is 0 Å². The summed E-state index contributed by atoms with van der Waals surface area (Å²) in [5.74, 6) is -0.589. The van der Waals surface area contributed by atoms with Gasteiger partial charge in [-0.1, -0.05) is 31.4 Å². The van der Waals surface area contributed by atoms with Gasteiger partial charge in [0.1, 0.15) is 0 Å². The Bertz CT molecular complexity index is 259. The number of aliphatic carboxylic acids is 1. The van der Waals surface area contributed by atoms with Gasteiger partial charge in [0.2, 0.25) is 0 Å². The fourth-order valence-electron chi connectivity index (χ4n) is 2.75. The molecule has 0 bridgehead atoms. The van der Waals surface area contributed by atoms with Crippen LogP contribution in [0.25, 0.3) is 0 Å². The highest BCUT2D eigenvalue weighted by atomic mass is 16.4. The second-order valence-corrected chi connectivity index (χ2v) is 4.81. The summed E-state index contributed by atoms with van der Waals surface area (Å²) in [5.41, 5.74) is -0.454. The molecule has 0 aromatic heterocycles. The highest BCUT2D eigenvalue weighted by Gasteiger charge is 2.40. The summed E-state index contributed by atoms with van der Waals surface area (Å²) < 4.78 is 0. The van der Waals surface area contributed by atoms with Gasteiger partial charge in [0, 0.05) is 19.6 Å². The van der Waals surface area contributed by atoms with E-state index in [1.807, 2.05) is 0 Å². The summed E-state index contributed by atoms with van der Waals surface area (Å²) in [7, 11) is 0. The molecule has 2 aliphatic rings. The van der Waals surface area contributed by atoms with E-state index < -0.39 is 11.4 Å². The summed E-state index contributed by atoms with van der Waals surface area (Å²) in [6.07, 6.45) is 9.32. The minimum absolute atomic E-state index is 0.454. The molecule has 1 saturated carbocycles. The number of nitrogens with zero attached hydrogens (tertiary/aromatic N) is 1. The van der Waals surface area contributed by atoms with Crippen molar-refractivity contribution in [1.29, 1.82) is 0 Å². The smallest absolute Gasteiger partial charge is 0.310 e. The van der Waals surface area contributed by atoms with Gasteiger partial charge < -0.3 is 5.11 Å². The van der Waals surface area contributed by atoms with Crippen molar-refractivity contribution in [2.24, 2.45) is 5.41 Å². The summed E-state index contributed by atoms with van der Waals surface area (Å²) in [5, 5.41) is 9.40. The van der Waals surface area contributed by atoms with E-state index in [1.165, 1.54) is 6.42 Å². The summed E-state index contributed by atoms with van der Waals surface area (Å²) in [4.78, 5) is 13.7. The first-order valence-corrected chi connectivity index (χ1v) is 5.84. The first kappa shape index (κ1) is 10.7. The number of carbonyl (C=O) groups is 1. The van der Waals surface area contributed by atoms with E-state index >= 15 is 0 Å². The van der Waals surface area contributed by atoms with Crippen LogP contribution in [0.3, 0.4) is 0 Å². The molecular formula is C12H19NO2. The fraction of sp³-hybridized carbons (Fsp3) is 0.750. The molecule has 2 rings (SSSR count). The summed E-state index contributed by atoms with van der Waals surface area (Å²) in [6, 6.07) is 0. The Morgan fingerprint density at radius 2 is 1.80 bits per heavy atom. The molecule has 0 aromatic carbocycles. The molecule has 0 unspecified atom stereocenters. The van der Waals surface area contributed by atoms with Crippen LogP contribution in [0.1, 0.15) is 32.1 Å². The predicted octanol–water partition coefficient (Wildman–Crippen LogP) is 1.89. The maximum Gasteiger partial charge on any atom is 0.310 e. The molecule has 15 heavy (non-hydrogen) atoms. The topological polar surface area (TPSA) is 40.5 Å². The van der Waals surface area contributed by atoms with Crippen molar-refractivity contribution in [3.05, 3.63) is 12.2 Å². The lowest BCUT2D eigenvalue weighted by atomic mass is 9.73. The Labute approximate surface area is 90.8 Å². The van der Waals surface area contributed by atoms with Crippen LogP contribution in [-0.2, 0) is 4.79 Å². The maximum absolute atomic E-state index is 11.4. The largest absolute Gasteiger partial charge is 0.481 e. The Balaban J connectivity index is 2.01. The molecule has 0 saturated heterocycles. The van der Waals surface area contributed by atoms with Crippen molar-refractivity contribution >= 4 is 5.97 Å². The van der Waals surface area contributed by atoms with Gasteiger partial charge in [0.25, 0.3) is 0 Å². The molecular weight excluding hydrogens is 190 g/mol. The molecule has 3 nitrogen and oxygen atoms in total. The Morgan fingerprint density at radius 1 is 1.20 bits per heavy atom. The SMILES string of the molecule is O=C(O)C1(CN2CC=CC2)CCCCC1. The van der Waals surface area contributed by atoms with Crippen LogP contribution in [0.15, 0.2) is 12.2 Å². The second kappa shape index (κ2) is 4.35. The van der Waals surface area contributed by atoms with Crippen LogP contribution < -0.4 is 0 Å². The minimum atomic E-state index is -0.589. The molecule has 0 radical (unpaired) electrons. The predicted molar refractivity (Wildman–Crippen MR) is 58.7 cm³/mol. The van der Waals surface area contributed by atoms with E-state index in [4.69, 9.17) is 0 Å². The lowest BCUT2D eigenvalue weighted by Gasteiger charge is -2.36. The van der Waals surface area contributed by atoms with Gasteiger partial charge in [-0.05, 0) is 12.8 Å². The molecule has 1 fully saturated rings. The molecule has 0 atom stereocenters. The monoisotopic (exact) mass is 209 g/mol. The highest BCUT2D eigenvalue weighted by molar-refractivity contribution is 5.75. The summed E-state index contributed by atoms with van der Waals surface area (Å²) in [6.45, 7) is 2.58. The van der Waals surface area contributed by atoms with Crippen LogP contribution in [-0.4, -0.2) is 35.6 Å². The first-order chi connectivity index (χ1) is 7.23. The quantitative estimate of drug-likeness (QED) is 0.722. The number of rotatable bonds is 3. The van der Waals surface area contributed by atoms with Gasteiger partial charge >= 0.3 is 5.97 Å². The van der Waals surface area contributed by atoms with Crippen molar-refractivity contribution in [3.63, 3.8) is 0 Å². The van der Waals surface area contributed by atoms with Crippen molar-refractivity contribution < 1.29 is 9.90 Å². The molecule has 0 spiro atoms. The average molecular weight is 209 g/mol. The van der Waals surface area contributed by atoms with E-state index in [0.717, 1.165) is 45.3 Å². The van der Waals surface area contributed by atoms with E-state index in [0.29, 0.717) is 0 Å². The van der Waals surface area contributed by atoms with Crippen molar-refractivity contribution in [1.82, 2.24) is 4.90 Å². The molecule has 84 valence electrons. The van der Waals surface area contributed by atoms with Gasteiger partial charge in [0.15, 0.2) is 0 Å². The molecule has 1 aliphatic carbocycles. The number of hydrogen-bond donors (Lipinski definition) is 1. The third-order valence-electron chi connectivity index (χ3n) is 3.68. The zero-order chi connectivity index (χ0) is 10.7. The minimum Gasteiger partial charge on any atom is -0.481 e. The lowest BCUT2D eigenvalue weighted by molar-refractivity contribution is -0.152. The standard InChI is InChI=1S/C12H19NO2/c14-11(15)12(6-2-1-3-7-12)10-13-8-4-5-9-13/h4-5H,1-3,6-10H2,(H,14,15). The first-order valence-electron chi connectivity index (χ1n) is 5.84. The zero-order valence-electron chi connectivity index (χ0n) is 9.11. The van der Waals surface area contributed by atoms with Crippen LogP contribution in [0.2, 0.25) is 0 Å². The van der Waals surface area contributed by atoms with Crippen LogP contribution >= 0.6 is 0 Å². The van der Waals surface area contributed by atoms with Gasteiger partial charge in [0.05, 0.1) is 5.41 Å². The van der Waals surface area contributed by atoms with Crippen molar-refractivity contribution in [2.45, 2.75) is 32.1 Å². The van der Waals surface area contributed by atoms with Crippen LogP contribution in [0.4, 0.5) is 0 Å². The van der Waals surface area contributed by atoms with Crippen LogP contribution in [0, 0.1) is 5.41 Å². The molecule has 0 amide bonds. The van der Waals surface area contributed by atoms with E-state index in [9.17, 15) is 9.90 Å². The molecule has 1 aliphatic heterocycles. The molecule has 1 N–H and O–H groups in total. The lowest BCUT2D eigenvalue weighted by Crippen LogP contribution is -2.43. The average Bonchev–Trinajstić information content (AvgIpc) is 2.71. The van der Waals surface area contributed by atoms with Crippen molar-refractivity contribution in [2.75, 3.05) is 19.6 Å². The second-order valence-electron chi connectivity index (χ2n) is 4.81. The fourth-order valence-corrected chi connectivity index (χ4v) is 2.75. The van der Waals surface area contributed by atoms with Gasteiger partial charge in [-0.25, -0.2) is 0 Å². The number of hydrogen-bond acceptors (Lipinski definition) is 2. The Hall–Kier alpha value is -0.830. The zero-order valence-corrected chi connectivity index (χ0v) is 9.11. The van der Waals surface area contributed by atoms with Crippen molar-refractivity contribution in [3.8, 4) is 0 Å². The third-order valence-corrected chi connectivity index (χ3v) is 3.68. The number of carboxylic acids is 1. The Morgan fingerprint density at radius 3 is 2.33 bits per heavy atom. The molecule has 3 heteroatoms. The highest BCUT2D eigenvalue weighted by Crippen LogP contribution is 2.37. The third kappa shape index (κ3) is 2.23. The van der Waals surface area contributed by atoms with E-state index in [2.05, 4.69) is 17.1 Å². The normalized spacial score (nSPS) is 25.6. The van der Waals surface area contributed by atoms with Crippen LogP contribution in [0.5, 0.6) is 0 Å². The van der Waals surface area contributed by atoms with Gasteiger partial charge in [-0.15, -0.1) is 0 Å². The Kier molecular flexibility index (Phi) is 3.10. The maximum atomic E-state index is 11.4. The molecule has 0 aromatic rings. The van der Waals surface area contributed by atoms with Gasteiger partial charge in [-0.3, -0.25) is 9.69 Å².